The van der Waals surface area contributed by atoms with Gasteiger partial charge in [0.05, 0.1) is 0 Å². The Morgan fingerprint density at radius 2 is 2.00 bits per heavy atom. The van der Waals surface area contributed by atoms with Gasteiger partial charge in [-0.3, -0.25) is 4.79 Å². The highest BCUT2D eigenvalue weighted by Crippen LogP contribution is 2.59. The van der Waals surface area contributed by atoms with E-state index in [2.05, 4.69) is 40.7 Å². The second kappa shape index (κ2) is 6.47. The SMILES string of the molecule is CC1=CC[C@H]2C(C)(C)C(=O)CC[C@]2(C)[C@H]1CC[C@H](C)CCO. The number of aliphatic hydroxyl groups is 1. The summed E-state index contributed by atoms with van der Waals surface area (Å²) >= 11 is 0. The number of rotatable bonds is 5. The number of carbonyl (C=O) groups excluding carboxylic acids is 1. The minimum Gasteiger partial charge on any atom is -0.396 e. The molecule has 2 rings (SSSR count). The first-order chi connectivity index (χ1) is 10.2. The van der Waals surface area contributed by atoms with Crippen molar-refractivity contribution in [2.24, 2.45) is 28.6 Å². The minimum absolute atomic E-state index is 0.181. The number of hydrogen-bond donors (Lipinski definition) is 1. The maximum Gasteiger partial charge on any atom is 0.138 e. The van der Waals surface area contributed by atoms with E-state index in [1.54, 1.807) is 0 Å². The quantitative estimate of drug-likeness (QED) is 0.743. The minimum atomic E-state index is -0.181. The first-order valence-electron chi connectivity index (χ1n) is 9.04. The molecule has 2 aliphatic carbocycles. The molecule has 4 atom stereocenters. The van der Waals surface area contributed by atoms with Crippen molar-refractivity contribution in [2.75, 3.05) is 6.61 Å². The molecular formula is C20H34O2. The van der Waals surface area contributed by atoms with Gasteiger partial charge in [-0.2, -0.15) is 0 Å². The third-order valence-electron chi connectivity index (χ3n) is 6.87. The van der Waals surface area contributed by atoms with Crippen molar-refractivity contribution in [2.45, 2.75) is 73.1 Å². The van der Waals surface area contributed by atoms with Gasteiger partial charge in [0.25, 0.3) is 0 Å². The Kier molecular flexibility index (Phi) is 5.21. The van der Waals surface area contributed by atoms with Crippen LogP contribution in [0.15, 0.2) is 11.6 Å². The molecule has 0 aromatic rings. The molecule has 0 aromatic heterocycles. The molecule has 0 spiro atoms. The lowest BCUT2D eigenvalue weighted by Gasteiger charge is -2.56. The molecule has 2 nitrogen and oxygen atoms in total. The maximum absolute atomic E-state index is 12.4. The van der Waals surface area contributed by atoms with Crippen LogP contribution >= 0.6 is 0 Å². The van der Waals surface area contributed by atoms with Crippen molar-refractivity contribution in [1.29, 1.82) is 0 Å². The van der Waals surface area contributed by atoms with Crippen molar-refractivity contribution in [3.8, 4) is 0 Å². The van der Waals surface area contributed by atoms with E-state index in [0.717, 1.165) is 25.7 Å². The summed E-state index contributed by atoms with van der Waals surface area (Å²) in [5, 5.41) is 9.11. The van der Waals surface area contributed by atoms with Crippen molar-refractivity contribution in [3.05, 3.63) is 11.6 Å². The first kappa shape index (κ1) is 17.7. The van der Waals surface area contributed by atoms with E-state index in [0.29, 0.717) is 30.1 Å². The van der Waals surface area contributed by atoms with Crippen LogP contribution in [-0.4, -0.2) is 17.5 Å². The van der Waals surface area contributed by atoms with Gasteiger partial charge >= 0.3 is 0 Å². The Hall–Kier alpha value is -0.630. The van der Waals surface area contributed by atoms with Gasteiger partial charge in [-0.25, -0.2) is 0 Å². The Labute approximate surface area is 136 Å². The molecule has 2 heteroatoms. The molecule has 1 fully saturated rings. The fourth-order valence-corrected chi connectivity index (χ4v) is 5.22. The van der Waals surface area contributed by atoms with Gasteiger partial charge in [0.15, 0.2) is 0 Å². The van der Waals surface area contributed by atoms with Crippen LogP contribution in [0.25, 0.3) is 0 Å². The molecular weight excluding hydrogens is 272 g/mol. The highest BCUT2D eigenvalue weighted by Gasteiger charge is 2.54. The highest BCUT2D eigenvalue weighted by molar-refractivity contribution is 5.85. The van der Waals surface area contributed by atoms with E-state index >= 15 is 0 Å². The number of fused-ring (bicyclic) bond motifs is 1. The lowest BCUT2D eigenvalue weighted by molar-refractivity contribution is -0.143. The average molecular weight is 306 g/mol. The van der Waals surface area contributed by atoms with Crippen LogP contribution < -0.4 is 0 Å². The topological polar surface area (TPSA) is 37.3 Å². The van der Waals surface area contributed by atoms with E-state index in [9.17, 15) is 4.79 Å². The first-order valence-corrected chi connectivity index (χ1v) is 9.04. The van der Waals surface area contributed by atoms with E-state index in [-0.39, 0.29) is 10.8 Å². The fourth-order valence-electron chi connectivity index (χ4n) is 5.22. The molecule has 1 saturated carbocycles. The third-order valence-corrected chi connectivity index (χ3v) is 6.87. The van der Waals surface area contributed by atoms with Crippen LogP contribution in [0.5, 0.6) is 0 Å². The summed E-state index contributed by atoms with van der Waals surface area (Å²) in [6.07, 6.45) is 8.52. The van der Waals surface area contributed by atoms with Crippen LogP contribution in [0, 0.1) is 28.6 Å². The van der Waals surface area contributed by atoms with E-state index < -0.39 is 0 Å². The van der Waals surface area contributed by atoms with Gasteiger partial charge in [0.2, 0.25) is 0 Å². The lowest BCUT2D eigenvalue weighted by atomic mass is 9.48. The van der Waals surface area contributed by atoms with Crippen LogP contribution in [0.2, 0.25) is 0 Å². The third kappa shape index (κ3) is 3.04. The van der Waals surface area contributed by atoms with Gasteiger partial charge in [-0.15, -0.1) is 0 Å². The van der Waals surface area contributed by atoms with Gasteiger partial charge in [0, 0.05) is 18.4 Å². The maximum atomic E-state index is 12.4. The van der Waals surface area contributed by atoms with Crippen LogP contribution in [-0.2, 0) is 4.79 Å². The van der Waals surface area contributed by atoms with Crippen LogP contribution in [0.4, 0.5) is 0 Å². The van der Waals surface area contributed by atoms with Crippen molar-refractivity contribution < 1.29 is 9.90 Å². The summed E-state index contributed by atoms with van der Waals surface area (Å²) in [7, 11) is 0. The number of Topliss-reactive ketones (excluding diaryl/α,β-unsaturated/α-hetero) is 1. The van der Waals surface area contributed by atoms with Crippen molar-refractivity contribution in [3.63, 3.8) is 0 Å². The molecule has 2 aliphatic rings. The predicted octanol–water partition coefficient (Wildman–Crippen LogP) is 4.76. The summed E-state index contributed by atoms with van der Waals surface area (Å²) in [5.74, 6) is 2.11. The lowest BCUT2D eigenvalue weighted by Crippen LogP contribution is -2.52. The zero-order valence-corrected chi connectivity index (χ0v) is 15.1. The number of carbonyl (C=O) groups is 1. The summed E-state index contributed by atoms with van der Waals surface area (Å²) in [5.41, 5.74) is 1.61. The van der Waals surface area contributed by atoms with Gasteiger partial charge in [-0.05, 0) is 55.8 Å². The van der Waals surface area contributed by atoms with Gasteiger partial charge in [-0.1, -0.05) is 45.8 Å². The Bertz CT molecular complexity index is 449. The number of aliphatic hydroxyl groups excluding tert-OH is 1. The Balaban J connectivity index is 2.20. The monoisotopic (exact) mass is 306 g/mol. The summed E-state index contributed by atoms with van der Waals surface area (Å²) in [6, 6.07) is 0. The van der Waals surface area contributed by atoms with E-state index in [4.69, 9.17) is 5.11 Å². The molecule has 22 heavy (non-hydrogen) atoms. The van der Waals surface area contributed by atoms with Crippen molar-refractivity contribution >= 4 is 5.78 Å². The largest absolute Gasteiger partial charge is 0.396 e. The number of allylic oxidation sites excluding steroid dienone is 2. The fraction of sp³-hybridized carbons (Fsp3) is 0.850. The molecule has 0 unspecified atom stereocenters. The molecule has 0 aromatic carbocycles. The second-order valence-electron chi connectivity index (χ2n) is 8.63. The Morgan fingerprint density at radius 3 is 2.64 bits per heavy atom. The summed E-state index contributed by atoms with van der Waals surface area (Å²) in [4.78, 5) is 12.4. The predicted molar refractivity (Wildman–Crippen MR) is 91.6 cm³/mol. The molecule has 0 bridgehead atoms. The summed E-state index contributed by atoms with van der Waals surface area (Å²) < 4.78 is 0. The van der Waals surface area contributed by atoms with Crippen molar-refractivity contribution in [1.82, 2.24) is 0 Å². The van der Waals surface area contributed by atoms with E-state index in [1.165, 1.54) is 18.4 Å². The smallest absolute Gasteiger partial charge is 0.138 e. The van der Waals surface area contributed by atoms with Crippen LogP contribution in [0.1, 0.15) is 73.1 Å². The second-order valence-corrected chi connectivity index (χ2v) is 8.63. The molecule has 0 heterocycles. The molecule has 126 valence electrons. The van der Waals surface area contributed by atoms with Crippen LogP contribution in [0.3, 0.4) is 0 Å². The molecule has 0 amide bonds. The normalized spacial score (nSPS) is 35.7. The van der Waals surface area contributed by atoms with Gasteiger partial charge < -0.3 is 5.11 Å². The molecule has 0 radical (unpaired) electrons. The number of ketones is 1. The Morgan fingerprint density at radius 1 is 1.32 bits per heavy atom. The van der Waals surface area contributed by atoms with E-state index in [1.807, 2.05) is 0 Å². The highest BCUT2D eigenvalue weighted by atomic mass is 16.3. The number of hydrogen-bond acceptors (Lipinski definition) is 2. The van der Waals surface area contributed by atoms with Gasteiger partial charge in [0.1, 0.15) is 5.78 Å². The summed E-state index contributed by atoms with van der Waals surface area (Å²) in [6.45, 7) is 11.6. The average Bonchev–Trinajstić information content (AvgIpc) is 2.43. The molecule has 0 saturated heterocycles. The zero-order valence-electron chi connectivity index (χ0n) is 15.1. The molecule has 1 N–H and O–H groups in total. The molecule has 0 aliphatic heterocycles. The zero-order chi connectivity index (χ0) is 16.5. The standard InChI is InChI=1S/C20H34O2/c1-14(11-13-21)6-8-16-15(2)7-9-17-19(3,4)18(22)10-12-20(16,17)5/h7,14,16-17,21H,6,8-13H2,1-5H3/t14-,16-,17-,20+/m0/s1.